The van der Waals surface area contributed by atoms with Crippen LogP contribution in [0.3, 0.4) is 0 Å². The van der Waals surface area contributed by atoms with Gasteiger partial charge < -0.3 is 4.90 Å². The second-order valence-electron chi connectivity index (χ2n) is 9.83. The maximum absolute atomic E-state index is 4.06. The van der Waals surface area contributed by atoms with Gasteiger partial charge >= 0.3 is 0 Å². The van der Waals surface area contributed by atoms with Gasteiger partial charge in [-0.3, -0.25) is 0 Å². The molecule has 0 saturated carbocycles. The third-order valence-electron chi connectivity index (χ3n) is 6.79. The van der Waals surface area contributed by atoms with Crippen LogP contribution in [0.15, 0.2) is 84.6 Å². The van der Waals surface area contributed by atoms with Gasteiger partial charge in [0, 0.05) is 17.1 Å². The molecule has 0 aliphatic heterocycles. The topological polar surface area (TPSA) is 3.24 Å². The highest BCUT2D eigenvalue weighted by atomic mass is 15.1. The van der Waals surface area contributed by atoms with Crippen LogP contribution in [-0.2, 0) is 5.41 Å². The standard InChI is InChI=1S/C30H41N/c1-10-25(29(6,7)11-2)17-16-24(5)31(28-15-13-14-23(4)22-28)27-20-18-26(19-21-27)30(8,9)12-3/h10,13-22H,1,11-12H2,2-9H3/b24-16+,25-17+. The molecular weight excluding hydrogens is 374 g/mol. The third-order valence-corrected chi connectivity index (χ3v) is 6.79. The predicted molar refractivity (Wildman–Crippen MR) is 139 cm³/mol. The van der Waals surface area contributed by atoms with E-state index in [1.807, 2.05) is 6.08 Å². The minimum atomic E-state index is 0.111. The number of hydrogen-bond acceptors (Lipinski definition) is 1. The lowest BCUT2D eigenvalue weighted by molar-refractivity contribution is 0.440. The second-order valence-corrected chi connectivity index (χ2v) is 9.83. The van der Waals surface area contributed by atoms with E-state index in [2.05, 4.69) is 128 Å². The van der Waals surface area contributed by atoms with Gasteiger partial charge in [-0.1, -0.05) is 84.5 Å². The van der Waals surface area contributed by atoms with Crippen LogP contribution in [-0.4, -0.2) is 0 Å². The maximum atomic E-state index is 4.06. The Bertz CT molecular complexity index is 939. The number of rotatable bonds is 9. The first-order valence-electron chi connectivity index (χ1n) is 11.5. The highest BCUT2D eigenvalue weighted by Gasteiger charge is 2.20. The van der Waals surface area contributed by atoms with Crippen LogP contribution in [0.25, 0.3) is 0 Å². The Hall–Kier alpha value is -2.54. The van der Waals surface area contributed by atoms with E-state index in [1.165, 1.54) is 33.8 Å². The number of nitrogens with zero attached hydrogens (tertiary/aromatic N) is 1. The van der Waals surface area contributed by atoms with E-state index in [9.17, 15) is 0 Å². The fraction of sp³-hybridized carbons (Fsp3) is 0.400. The second kappa shape index (κ2) is 10.2. The molecule has 31 heavy (non-hydrogen) atoms. The predicted octanol–water partition coefficient (Wildman–Crippen LogP) is 9.27. The molecule has 0 aliphatic carbocycles. The van der Waals surface area contributed by atoms with Crippen molar-refractivity contribution in [2.75, 3.05) is 4.90 Å². The molecule has 0 aromatic heterocycles. The molecule has 2 rings (SSSR count). The van der Waals surface area contributed by atoms with Gasteiger partial charge in [0.05, 0.1) is 0 Å². The molecule has 0 fully saturated rings. The van der Waals surface area contributed by atoms with Crippen molar-refractivity contribution in [2.45, 2.75) is 73.6 Å². The number of anilines is 2. The Morgan fingerprint density at radius 1 is 0.903 bits per heavy atom. The van der Waals surface area contributed by atoms with Gasteiger partial charge in [-0.25, -0.2) is 0 Å². The summed E-state index contributed by atoms with van der Waals surface area (Å²) >= 11 is 0. The minimum absolute atomic E-state index is 0.111. The molecule has 1 heteroatoms. The average Bonchev–Trinajstić information content (AvgIpc) is 2.74. The van der Waals surface area contributed by atoms with E-state index in [4.69, 9.17) is 0 Å². The molecule has 166 valence electrons. The van der Waals surface area contributed by atoms with Crippen molar-refractivity contribution in [1.29, 1.82) is 0 Å². The zero-order valence-corrected chi connectivity index (χ0v) is 20.9. The normalized spacial score (nSPS) is 13.3. The largest absolute Gasteiger partial charge is 0.315 e. The van der Waals surface area contributed by atoms with Crippen molar-refractivity contribution in [3.63, 3.8) is 0 Å². The monoisotopic (exact) mass is 415 g/mol. The number of aryl methyl sites for hydroxylation is 1. The van der Waals surface area contributed by atoms with Crippen LogP contribution >= 0.6 is 0 Å². The number of hydrogen-bond donors (Lipinski definition) is 0. The molecular formula is C30H41N. The fourth-order valence-electron chi connectivity index (χ4n) is 3.65. The number of allylic oxidation sites excluding steroid dienone is 5. The maximum Gasteiger partial charge on any atom is 0.0460 e. The summed E-state index contributed by atoms with van der Waals surface area (Å²) in [5, 5.41) is 0. The molecule has 0 saturated heterocycles. The third kappa shape index (κ3) is 6.00. The molecule has 0 unspecified atom stereocenters. The highest BCUT2D eigenvalue weighted by Crippen LogP contribution is 2.35. The molecule has 0 radical (unpaired) electrons. The lowest BCUT2D eigenvalue weighted by Crippen LogP contribution is -2.17. The van der Waals surface area contributed by atoms with Crippen molar-refractivity contribution >= 4 is 11.4 Å². The fourth-order valence-corrected chi connectivity index (χ4v) is 3.65. The van der Waals surface area contributed by atoms with Crippen molar-refractivity contribution in [3.05, 3.63) is 95.7 Å². The summed E-state index contributed by atoms with van der Waals surface area (Å²) < 4.78 is 0. The van der Waals surface area contributed by atoms with Gasteiger partial charge in [0.2, 0.25) is 0 Å². The summed E-state index contributed by atoms with van der Waals surface area (Å²) in [6.45, 7) is 22.0. The van der Waals surface area contributed by atoms with Crippen LogP contribution in [0.5, 0.6) is 0 Å². The van der Waals surface area contributed by atoms with E-state index in [0.29, 0.717) is 0 Å². The smallest absolute Gasteiger partial charge is 0.0460 e. The Labute approximate surface area is 191 Å². The first kappa shape index (κ1) is 24.7. The lowest BCUT2D eigenvalue weighted by Gasteiger charge is -2.29. The van der Waals surface area contributed by atoms with Crippen molar-refractivity contribution in [2.24, 2.45) is 5.41 Å². The molecule has 1 nitrogen and oxygen atoms in total. The van der Waals surface area contributed by atoms with Crippen molar-refractivity contribution < 1.29 is 0 Å². The summed E-state index contributed by atoms with van der Waals surface area (Å²) in [6.07, 6.45) is 8.64. The summed E-state index contributed by atoms with van der Waals surface area (Å²) in [4.78, 5) is 2.34. The zero-order valence-electron chi connectivity index (χ0n) is 20.9. The summed E-state index contributed by atoms with van der Waals surface area (Å²) in [5.41, 5.74) is 7.73. The molecule has 2 aromatic rings. The van der Waals surface area contributed by atoms with Crippen molar-refractivity contribution in [1.82, 2.24) is 0 Å². The minimum Gasteiger partial charge on any atom is -0.315 e. The molecule has 0 N–H and O–H groups in total. The van der Waals surface area contributed by atoms with Gasteiger partial charge in [0.15, 0.2) is 0 Å². The lowest BCUT2D eigenvalue weighted by atomic mass is 9.81. The zero-order chi connectivity index (χ0) is 23.2. The Balaban J connectivity index is 2.55. The van der Waals surface area contributed by atoms with Crippen LogP contribution < -0.4 is 4.90 Å². The summed E-state index contributed by atoms with van der Waals surface area (Å²) in [5.74, 6) is 0. The molecule has 0 bridgehead atoms. The first-order chi connectivity index (χ1) is 14.6. The SMILES string of the molecule is C=C/C(=C\C=C(/C)N(c1ccc(C(C)(C)CC)cc1)c1cccc(C)c1)C(C)(C)CC. The van der Waals surface area contributed by atoms with Gasteiger partial charge in [-0.05, 0) is 84.6 Å². The van der Waals surface area contributed by atoms with Crippen molar-refractivity contribution in [3.8, 4) is 0 Å². The van der Waals surface area contributed by atoms with E-state index >= 15 is 0 Å². The molecule has 0 atom stereocenters. The first-order valence-corrected chi connectivity index (χ1v) is 11.5. The van der Waals surface area contributed by atoms with Gasteiger partial charge in [0.25, 0.3) is 0 Å². The van der Waals surface area contributed by atoms with E-state index < -0.39 is 0 Å². The Morgan fingerprint density at radius 2 is 1.55 bits per heavy atom. The van der Waals surface area contributed by atoms with Gasteiger partial charge in [-0.15, -0.1) is 0 Å². The molecule has 0 spiro atoms. The van der Waals surface area contributed by atoms with E-state index in [0.717, 1.165) is 12.8 Å². The Morgan fingerprint density at radius 3 is 2.06 bits per heavy atom. The van der Waals surface area contributed by atoms with Crippen LogP contribution in [0.1, 0.15) is 72.4 Å². The quantitative estimate of drug-likeness (QED) is 0.369. The van der Waals surface area contributed by atoms with E-state index in [-0.39, 0.29) is 10.8 Å². The molecule has 0 amide bonds. The van der Waals surface area contributed by atoms with Crippen LogP contribution in [0.4, 0.5) is 11.4 Å². The average molecular weight is 416 g/mol. The van der Waals surface area contributed by atoms with E-state index in [1.54, 1.807) is 0 Å². The van der Waals surface area contributed by atoms with Crippen LogP contribution in [0, 0.1) is 12.3 Å². The number of benzene rings is 2. The van der Waals surface area contributed by atoms with Gasteiger partial charge in [0.1, 0.15) is 0 Å². The molecule has 0 heterocycles. The molecule has 0 aliphatic rings. The summed E-state index contributed by atoms with van der Waals surface area (Å²) in [7, 11) is 0. The molecule has 2 aromatic carbocycles. The van der Waals surface area contributed by atoms with Crippen LogP contribution in [0.2, 0.25) is 0 Å². The van der Waals surface area contributed by atoms with Gasteiger partial charge in [-0.2, -0.15) is 0 Å². The summed E-state index contributed by atoms with van der Waals surface area (Å²) in [6, 6.07) is 17.8. The Kier molecular flexibility index (Phi) is 8.12. The highest BCUT2D eigenvalue weighted by molar-refractivity contribution is 5.69.